The third-order valence-electron chi connectivity index (χ3n) is 7.30. The van der Waals surface area contributed by atoms with Crippen LogP contribution in [-0.4, -0.2) is 58.4 Å². The van der Waals surface area contributed by atoms with E-state index in [0.717, 1.165) is 27.6 Å². The first kappa shape index (κ1) is 24.8. The summed E-state index contributed by atoms with van der Waals surface area (Å²) in [5.74, 6) is -0.0477. The van der Waals surface area contributed by atoms with Gasteiger partial charge in [-0.15, -0.1) is 0 Å². The van der Waals surface area contributed by atoms with Crippen LogP contribution >= 0.6 is 0 Å². The Hall–Kier alpha value is -3.90. The van der Waals surface area contributed by atoms with Gasteiger partial charge >= 0.3 is 0 Å². The molecule has 1 saturated heterocycles. The van der Waals surface area contributed by atoms with Crippen LogP contribution in [0.1, 0.15) is 16.7 Å². The maximum atomic E-state index is 13.9. The quantitative estimate of drug-likeness (QED) is 0.406. The van der Waals surface area contributed by atoms with Gasteiger partial charge in [0.1, 0.15) is 6.04 Å². The van der Waals surface area contributed by atoms with E-state index in [1.165, 1.54) is 0 Å². The zero-order chi connectivity index (χ0) is 25.8. The lowest BCUT2D eigenvalue weighted by atomic mass is 9.98. The fourth-order valence-corrected chi connectivity index (χ4v) is 5.39. The minimum absolute atomic E-state index is 0.0124. The number of para-hydroxylation sites is 1. The maximum Gasteiger partial charge on any atom is 0.245 e. The molecule has 1 N–H and O–H groups in total. The first-order chi connectivity index (χ1) is 18.0. The molecule has 1 aromatic heterocycles. The van der Waals surface area contributed by atoms with Crippen molar-refractivity contribution in [1.29, 1.82) is 0 Å². The number of aryl methyl sites for hydroxylation is 1. The molecule has 6 nitrogen and oxygen atoms in total. The molecule has 0 unspecified atom stereocenters. The Morgan fingerprint density at radius 1 is 0.973 bits per heavy atom. The van der Waals surface area contributed by atoms with Crippen molar-refractivity contribution in [2.45, 2.75) is 31.5 Å². The molecule has 0 saturated carbocycles. The van der Waals surface area contributed by atoms with Gasteiger partial charge in [0.15, 0.2) is 0 Å². The summed E-state index contributed by atoms with van der Waals surface area (Å²) in [5.41, 5.74) is 4.40. The number of nitrogens with one attached hydrogen (secondary N) is 1. The zero-order valence-electron chi connectivity index (χ0n) is 21.5. The van der Waals surface area contributed by atoms with Gasteiger partial charge < -0.3 is 19.7 Å². The third-order valence-corrected chi connectivity index (χ3v) is 7.30. The van der Waals surface area contributed by atoms with Crippen molar-refractivity contribution >= 4 is 22.7 Å². The van der Waals surface area contributed by atoms with Crippen molar-refractivity contribution in [3.8, 4) is 0 Å². The van der Waals surface area contributed by atoms with Crippen LogP contribution in [0.5, 0.6) is 0 Å². The molecule has 2 heterocycles. The summed E-state index contributed by atoms with van der Waals surface area (Å²) in [5, 5.41) is 4.59. The number of benzene rings is 3. The molecule has 0 spiro atoms. The second-order valence-electron chi connectivity index (χ2n) is 9.91. The van der Waals surface area contributed by atoms with Crippen LogP contribution < -0.4 is 5.32 Å². The van der Waals surface area contributed by atoms with Gasteiger partial charge in [-0.1, -0.05) is 78.9 Å². The number of carbonyl (C=O) groups excluding carboxylic acids is 2. The number of fused-ring (bicyclic) bond motifs is 1. The van der Waals surface area contributed by atoms with Crippen molar-refractivity contribution in [1.82, 2.24) is 19.7 Å². The van der Waals surface area contributed by atoms with E-state index in [2.05, 4.69) is 28.2 Å². The summed E-state index contributed by atoms with van der Waals surface area (Å²) >= 11 is 0. The summed E-state index contributed by atoms with van der Waals surface area (Å²) in [4.78, 5) is 31.3. The summed E-state index contributed by atoms with van der Waals surface area (Å²) in [6, 6.07) is 27.3. The number of carbonyl (C=O) groups is 2. The topological polar surface area (TPSA) is 57.6 Å². The van der Waals surface area contributed by atoms with Gasteiger partial charge in [0, 0.05) is 57.3 Å². The number of rotatable bonds is 8. The second-order valence-corrected chi connectivity index (χ2v) is 9.91. The van der Waals surface area contributed by atoms with Crippen molar-refractivity contribution in [3.05, 3.63) is 108 Å². The molecule has 2 amide bonds. The number of likely N-dealkylation sites (N-methyl/N-ethyl adjacent to an activating group) is 1. The Labute approximate surface area is 218 Å². The first-order valence-corrected chi connectivity index (χ1v) is 12.9. The molecule has 3 aromatic carbocycles. The number of amides is 2. The molecule has 5 rings (SSSR count). The molecule has 1 aliphatic heterocycles. The van der Waals surface area contributed by atoms with Crippen LogP contribution in [0.25, 0.3) is 10.9 Å². The van der Waals surface area contributed by atoms with Crippen LogP contribution in [0, 0.1) is 0 Å². The highest BCUT2D eigenvalue weighted by Gasteiger charge is 2.37. The van der Waals surface area contributed by atoms with Crippen molar-refractivity contribution in [3.63, 3.8) is 0 Å². The number of hydrogen-bond donors (Lipinski definition) is 1. The second kappa shape index (κ2) is 11.0. The molecule has 0 aliphatic carbocycles. The predicted molar refractivity (Wildman–Crippen MR) is 147 cm³/mol. The lowest BCUT2D eigenvalue weighted by Gasteiger charge is -2.39. The lowest BCUT2D eigenvalue weighted by molar-refractivity contribution is -0.148. The Balaban J connectivity index is 1.39. The van der Waals surface area contributed by atoms with Gasteiger partial charge in [-0.25, -0.2) is 0 Å². The average molecular weight is 495 g/mol. The SMILES string of the molecule is CN(Cc1ccccc1)C(=O)[C@@H](Cc1ccccc1)N1CCN[C@@H](Cc2cn(C)c3ccccc23)C1=O. The van der Waals surface area contributed by atoms with Crippen LogP contribution in [0.2, 0.25) is 0 Å². The van der Waals surface area contributed by atoms with Gasteiger partial charge in [0.05, 0.1) is 6.04 Å². The molecular formula is C31H34N4O2. The Bertz CT molecular complexity index is 1370. The number of hydrogen-bond acceptors (Lipinski definition) is 3. The van der Waals surface area contributed by atoms with Crippen LogP contribution in [0.4, 0.5) is 0 Å². The van der Waals surface area contributed by atoms with Crippen LogP contribution in [0.15, 0.2) is 91.1 Å². The molecule has 37 heavy (non-hydrogen) atoms. The van der Waals surface area contributed by atoms with Crippen molar-refractivity contribution in [2.24, 2.45) is 7.05 Å². The highest BCUT2D eigenvalue weighted by molar-refractivity contribution is 5.91. The van der Waals surface area contributed by atoms with Crippen LogP contribution in [-0.2, 0) is 36.0 Å². The third kappa shape index (κ3) is 5.44. The minimum atomic E-state index is -0.555. The summed E-state index contributed by atoms with van der Waals surface area (Å²) in [7, 11) is 3.86. The van der Waals surface area contributed by atoms with E-state index in [0.29, 0.717) is 32.5 Å². The van der Waals surface area contributed by atoms with Crippen molar-refractivity contribution < 1.29 is 9.59 Å². The molecule has 6 heteroatoms. The maximum absolute atomic E-state index is 13.9. The van der Waals surface area contributed by atoms with E-state index in [1.54, 1.807) is 4.90 Å². The number of aromatic nitrogens is 1. The minimum Gasteiger partial charge on any atom is -0.350 e. The van der Waals surface area contributed by atoms with Crippen LogP contribution in [0.3, 0.4) is 0 Å². The van der Waals surface area contributed by atoms with E-state index in [1.807, 2.05) is 91.8 Å². The Morgan fingerprint density at radius 3 is 2.35 bits per heavy atom. The average Bonchev–Trinajstić information content (AvgIpc) is 3.24. The number of piperazine rings is 1. The Morgan fingerprint density at radius 2 is 1.62 bits per heavy atom. The smallest absolute Gasteiger partial charge is 0.245 e. The van der Waals surface area contributed by atoms with E-state index < -0.39 is 6.04 Å². The normalized spacial score (nSPS) is 16.6. The summed E-state index contributed by atoms with van der Waals surface area (Å²) < 4.78 is 2.11. The number of nitrogens with zero attached hydrogens (tertiary/aromatic N) is 3. The molecule has 4 aromatic rings. The molecule has 0 radical (unpaired) electrons. The van der Waals surface area contributed by atoms with Gasteiger partial charge in [0.2, 0.25) is 11.8 Å². The lowest BCUT2D eigenvalue weighted by Crippen LogP contribution is -2.62. The predicted octanol–water partition coefficient (Wildman–Crippen LogP) is 3.79. The monoisotopic (exact) mass is 494 g/mol. The van der Waals surface area contributed by atoms with E-state index in [9.17, 15) is 9.59 Å². The Kier molecular flexibility index (Phi) is 7.37. The van der Waals surface area contributed by atoms with Crippen molar-refractivity contribution in [2.75, 3.05) is 20.1 Å². The summed E-state index contributed by atoms with van der Waals surface area (Å²) in [6.07, 6.45) is 3.19. The molecular weight excluding hydrogens is 460 g/mol. The fourth-order valence-electron chi connectivity index (χ4n) is 5.39. The van der Waals surface area contributed by atoms with Gasteiger partial charge in [0.25, 0.3) is 0 Å². The molecule has 190 valence electrons. The largest absolute Gasteiger partial charge is 0.350 e. The van der Waals surface area contributed by atoms with Gasteiger partial charge in [-0.2, -0.15) is 0 Å². The molecule has 2 atom stereocenters. The molecule has 1 aliphatic rings. The van der Waals surface area contributed by atoms with E-state index in [4.69, 9.17) is 0 Å². The highest BCUT2D eigenvalue weighted by Crippen LogP contribution is 2.24. The molecule has 0 bridgehead atoms. The standard InChI is InChI=1S/C31H34N4O2/c1-33-22-25(26-15-9-10-16-28(26)33)20-27-30(36)35(18-17-32-27)29(19-23-11-5-3-6-12-23)31(37)34(2)21-24-13-7-4-8-14-24/h3-16,22,27,29,32H,17-21H2,1-2H3/t27-,29+/m0/s1. The highest BCUT2D eigenvalue weighted by atomic mass is 16.2. The molecule has 1 fully saturated rings. The first-order valence-electron chi connectivity index (χ1n) is 12.9. The zero-order valence-corrected chi connectivity index (χ0v) is 21.5. The van der Waals surface area contributed by atoms with E-state index >= 15 is 0 Å². The van der Waals surface area contributed by atoms with E-state index in [-0.39, 0.29) is 17.9 Å². The fraction of sp³-hybridized carbons (Fsp3) is 0.290. The van der Waals surface area contributed by atoms with Gasteiger partial charge in [-0.05, 0) is 29.2 Å². The summed E-state index contributed by atoms with van der Waals surface area (Å²) in [6.45, 7) is 1.67. The van der Waals surface area contributed by atoms with Gasteiger partial charge in [-0.3, -0.25) is 9.59 Å².